The molecule has 0 atom stereocenters. The Morgan fingerprint density at radius 1 is 0.923 bits per heavy atom. The van der Waals surface area contributed by atoms with Crippen LogP contribution >= 0.6 is 0 Å². The molecule has 1 aliphatic heterocycles. The molecule has 13 heavy (non-hydrogen) atoms. The highest BCUT2D eigenvalue weighted by Gasteiger charge is 2.18. The molecule has 0 amide bonds. The van der Waals surface area contributed by atoms with E-state index in [9.17, 15) is 0 Å². The molecule has 1 aliphatic rings. The van der Waals surface area contributed by atoms with Crippen LogP contribution in [-0.4, -0.2) is 48.6 Å². The van der Waals surface area contributed by atoms with E-state index in [1.54, 1.807) is 0 Å². The Bertz CT molecular complexity index is 135. The van der Waals surface area contributed by atoms with Gasteiger partial charge in [-0.2, -0.15) is 0 Å². The highest BCUT2D eigenvalue weighted by molar-refractivity contribution is 4.74. The lowest BCUT2D eigenvalue weighted by molar-refractivity contribution is 0.100. The zero-order chi connectivity index (χ0) is 9.84. The molecule has 0 spiro atoms. The summed E-state index contributed by atoms with van der Waals surface area (Å²) in [5.74, 6) is 0.811. The molecule has 2 nitrogen and oxygen atoms in total. The summed E-state index contributed by atoms with van der Waals surface area (Å²) in [6.45, 7) is 15.5. The maximum Gasteiger partial charge on any atom is 0.0113 e. The Hall–Kier alpha value is -0.0800. The monoisotopic (exact) mass is 184 g/mol. The summed E-state index contributed by atoms with van der Waals surface area (Å²) in [7, 11) is 0. The number of hydrogen-bond acceptors (Lipinski definition) is 2. The third-order valence-corrected chi connectivity index (χ3v) is 2.76. The van der Waals surface area contributed by atoms with Crippen LogP contribution in [-0.2, 0) is 0 Å². The molecule has 78 valence electrons. The minimum atomic E-state index is 0.723. The number of piperazine rings is 1. The summed E-state index contributed by atoms with van der Waals surface area (Å²) < 4.78 is 0. The fourth-order valence-corrected chi connectivity index (χ4v) is 1.98. The van der Waals surface area contributed by atoms with Crippen LogP contribution in [0.3, 0.4) is 0 Å². The lowest BCUT2D eigenvalue weighted by Crippen LogP contribution is -2.49. The van der Waals surface area contributed by atoms with E-state index < -0.39 is 0 Å². The summed E-state index contributed by atoms with van der Waals surface area (Å²) in [4.78, 5) is 5.15. The molecule has 0 aromatic carbocycles. The molecule has 0 aromatic rings. The van der Waals surface area contributed by atoms with Crippen molar-refractivity contribution >= 4 is 0 Å². The van der Waals surface area contributed by atoms with Crippen LogP contribution < -0.4 is 0 Å². The van der Waals surface area contributed by atoms with Crippen LogP contribution in [0, 0.1) is 5.92 Å². The van der Waals surface area contributed by atoms with Gasteiger partial charge in [0.05, 0.1) is 0 Å². The molecule has 1 fully saturated rings. The van der Waals surface area contributed by atoms with Crippen LogP contribution in [0.25, 0.3) is 0 Å². The molecule has 0 aromatic heterocycles. The van der Waals surface area contributed by atoms with Gasteiger partial charge in [-0.05, 0) is 19.8 Å². The highest BCUT2D eigenvalue weighted by atomic mass is 15.3. The first-order valence-corrected chi connectivity index (χ1v) is 5.56. The van der Waals surface area contributed by atoms with Crippen LogP contribution in [0.4, 0.5) is 0 Å². The predicted molar refractivity (Wildman–Crippen MR) is 58.0 cm³/mol. The quantitative estimate of drug-likeness (QED) is 0.658. The minimum absolute atomic E-state index is 0.723. The van der Waals surface area contributed by atoms with Gasteiger partial charge >= 0.3 is 0 Å². The zero-order valence-corrected chi connectivity index (χ0v) is 9.58. The average molecular weight is 184 g/mol. The van der Waals surface area contributed by atoms with Crippen molar-refractivity contribution in [2.75, 3.05) is 32.7 Å². The molecular weight excluding hydrogens is 160 g/mol. The Balaban J connectivity index is 2.22. The normalized spacial score (nSPS) is 21.7. The van der Waals surface area contributed by atoms with Crippen LogP contribution in [0.5, 0.6) is 0 Å². The van der Waals surface area contributed by atoms with Crippen molar-refractivity contribution in [3.8, 4) is 0 Å². The minimum Gasteiger partial charge on any atom is -0.301 e. The van der Waals surface area contributed by atoms with E-state index in [0.29, 0.717) is 0 Å². The summed E-state index contributed by atoms with van der Waals surface area (Å²) in [5.41, 5.74) is 0. The van der Waals surface area contributed by atoms with Crippen LogP contribution in [0.15, 0.2) is 0 Å². The first kappa shape index (κ1) is 11.0. The van der Waals surface area contributed by atoms with Gasteiger partial charge in [0, 0.05) is 38.8 Å². The van der Waals surface area contributed by atoms with Gasteiger partial charge in [-0.15, -0.1) is 0 Å². The third kappa shape index (κ3) is 3.65. The van der Waals surface area contributed by atoms with Crippen molar-refractivity contribution < 1.29 is 0 Å². The smallest absolute Gasteiger partial charge is 0.0113 e. The van der Waals surface area contributed by atoms with Gasteiger partial charge in [0.15, 0.2) is 0 Å². The molecular formula is C11H24N2. The van der Waals surface area contributed by atoms with Crippen molar-refractivity contribution in [2.45, 2.75) is 33.7 Å². The van der Waals surface area contributed by atoms with Gasteiger partial charge in [-0.1, -0.05) is 13.8 Å². The Morgan fingerprint density at radius 3 is 1.85 bits per heavy atom. The molecule has 0 aliphatic carbocycles. The van der Waals surface area contributed by atoms with E-state index in [4.69, 9.17) is 0 Å². The van der Waals surface area contributed by atoms with Gasteiger partial charge < -0.3 is 4.90 Å². The maximum atomic E-state index is 2.59. The van der Waals surface area contributed by atoms with Gasteiger partial charge in [0.1, 0.15) is 0 Å². The summed E-state index contributed by atoms with van der Waals surface area (Å²) in [6, 6.07) is 0.723. The number of rotatable bonds is 3. The van der Waals surface area contributed by atoms with E-state index in [2.05, 4.69) is 37.5 Å². The molecule has 1 heterocycles. The van der Waals surface area contributed by atoms with E-state index >= 15 is 0 Å². The van der Waals surface area contributed by atoms with Crippen molar-refractivity contribution in [1.82, 2.24) is 9.80 Å². The zero-order valence-electron chi connectivity index (χ0n) is 9.58. The Morgan fingerprint density at radius 2 is 1.46 bits per heavy atom. The lowest BCUT2D eigenvalue weighted by atomic mass is 10.2. The molecule has 0 radical (unpaired) electrons. The van der Waals surface area contributed by atoms with E-state index in [1.165, 1.54) is 32.7 Å². The topological polar surface area (TPSA) is 6.48 Å². The second-order valence-electron chi connectivity index (χ2n) is 4.82. The molecule has 2 heteroatoms. The molecule has 0 N–H and O–H groups in total. The van der Waals surface area contributed by atoms with E-state index in [0.717, 1.165) is 12.0 Å². The van der Waals surface area contributed by atoms with Gasteiger partial charge in [-0.25, -0.2) is 0 Å². The van der Waals surface area contributed by atoms with E-state index in [1.807, 2.05) is 0 Å². The van der Waals surface area contributed by atoms with Gasteiger partial charge in [-0.3, -0.25) is 4.90 Å². The van der Waals surface area contributed by atoms with Crippen molar-refractivity contribution in [2.24, 2.45) is 5.92 Å². The van der Waals surface area contributed by atoms with Crippen molar-refractivity contribution in [3.05, 3.63) is 0 Å². The van der Waals surface area contributed by atoms with Gasteiger partial charge in [0.2, 0.25) is 0 Å². The van der Waals surface area contributed by atoms with Crippen molar-refractivity contribution in [3.63, 3.8) is 0 Å². The second-order valence-corrected chi connectivity index (χ2v) is 4.82. The average Bonchev–Trinajstić information content (AvgIpc) is 2.04. The number of hydrogen-bond donors (Lipinski definition) is 0. The Kier molecular flexibility index (Phi) is 4.20. The fraction of sp³-hybridized carbons (Fsp3) is 1.00. The maximum absolute atomic E-state index is 2.59. The largest absolute Gasteiger partial charge is 0.301 e. The summed E-state index contributed by atoms with van der Waals surface area (Å²) in [5, 5.41) is 0. The number of nitrogens with zero attached hydrogens (tertiary/aromatic N) is 2. The summed E-state index contributed by atoms with van der Waals surface area (Å²) in [6.07, 6.45) is 0. The molecule has 0 saturated carbocycles. The second kappa shape index (κ2) is 4.97. The van der Waals surface area contributed by atoms with Gasteiger partial charge in [0.25, 0.3) is 0 Å². The molecule has 0 unspecified atom stereocenters. The first-order valence-electron chi connectivity index (χ1n) is 5.56. The molecule has 1 saturated heterocycles. The molecule has 1 rings (SSSR count). The summed E-state index contributed by atoms with van der Waals surface area (Å²) >= 11 is 0. The molecule has 0 bridgehead atoms. The fourth-order valence-electron chi connectivity index (χ4n) is 1.98. The Labute approximate surface area is 82.9 Å². The van der Waals surface area contributed by atoms with E-state index in [-0.39, 0.29) is 0 Å². The predicted octanol–water partition coefficient (Wildman–Crippen LogP) is 1.67. The third-order valence-electron chi connectivity index (χ3n) is 2.76. The highest BCUT2D eigenvalue weighted by Crippen LogP contribution is 2.07. The van der Waals surface area contributed by atoms with Crippen LogP contribution in [0.2, 0.25) is 0 Å². The van der Waals surface area contributed by atoms with Crippen molar-refractivity contribution in [1.29, 1.82) is 0 Å². The lowest BCUT2D eigenvalue weighted by Gasteiger charge is -2.37. The first-order chi connectivity index (χ1) is 6.09. The SMILES string of the molecule is CC(C)CN1CCN(C(C)C)CC1. The van der Waals surface area contributed by atoms with Crippen LogP contribution in [0.1, 0.15) is 27.7 Å². The standard InChI is InChI=1S/C11H24N2/c1-10(2)9-12-5-7-13(8-6-12)11(3)4/h10-11H,5-9H2,1-4H3.